The number of halogens is 1. The summed E-state index contributed by atoms with van der Waals surface area (Å²) in [5, 5.41) is 3.51. The van der Waals surface area contributed by atoms with E-state index in [1.165, 1.54) is 16.3 Å². The smallest absolute Gasteiger partial charge is 0.242 e. The largest absolute Gasteiger partial charge is 0.497 e. The van der Waals surface area contributed by atoms with Gasteiger partial charge in [-0.15, -0.1) is 0 Å². The highest BCUT2D eigenvalue weighted by molar-refractivity contribution is 7.92. The van der Waals surface area contributed by atoms with E-state index in [4.69, 9.17) is 16.3 Å². The predicted octanol–water partition coefficient (Wildman–Crippen LogP) is 4.23. The topological polar surface area (TPSA) is 96.0 Å². The van der Waals surface area contributed by atoms with Gasteiger partial charge in [0, 0.05) is 30.6 Å². The van der Waals surface area contributed by atoms with Crippen LogP contribution in [0.15, 0.2) is 48.5 Å². The number of benzene rings is 2. The van der Waals surface area contributed by atoms with Crippen LogP contribution in [0.4, 0.5) is 5.69 Å². The highest BCUT2D eigenvalue weighted by atomic mass is 35.5. The number of amides is 2. The van der Waals surface area contributed by atoms with Crippen molar-refractivity contribution in [2.45, 2.75) is 58.7 Å². The van der Waals surface area contributed by atoms with E-state index < -0.39 is 16.1 Å². The molecule has 2 rings (SSSR count). The predicted molar refractivity (Wildman–Crippen MR) is 144 cm³/mol. The van der Waals surface area contributed by atoms with Crippen molar-refractivity contribution < 1.29 is 22.7 Å². The first-order valence-corrected chi connectivity index (χ1v) is 14.1. The molecule has 0 saturated carbocycles. The van der Waals surface area contributed by atoms with Gasteiger partial charge in [-0.1, -0.05) is 30.7 Å². The van der Waals surface area contributed by atoms with Crippen LogP contribution in [0, 0.1) is 0 Å². The average molecular weight is 538 g/mol. The molecule has 8 nitrogen and oxygen atoms in total. The molecule has 0 saturated heterocycles. The van der Waals surface area contributed by atoms with Crippen LogP contribution in [-0.4, -0.2) is 57.1 Å². The number of methoxy groups -OCH3 is 1. The van der Waals surface area contributed by atoms with E-state index in [-0.39, 0.29) is 43.8 Å². The van der Waals surface area contributed by atoms with Crippen LogP contribution in [0.3, 0.4) is 0 Å². The van der Waals surface area contributed by atoms with Crippen molar-refractivity contribution in [2.24, 2.45) is 0 Å². The van der Waals surface area contributed by atoms with Crippen molar-refractivity contribution in [1.82, 2.24) is 10.2 Å². The van der Waals surface area contributed by atoms with Gasteiger partial charge in [-0.2, -0.15) is 0 Å². The molecule has 0 radical (unpaired) electrons. The van der Waals surface area contributed by atoms with Crippen LogP contribution >= 0.6 is 11.6 Å². The van der Waals surface area contributed by atoms with Gasteiger partial charge in [-0.3, -0.25) is 13.9 Å². The van der Waals surface area contributed by atoms with Gasteiger partial charge < -0.3 is 15.0 Å². The Morgan fingerprint density at radius 3 is 2.19 bits per heavy atom. The number of rotatable bonds is 13. The lowest BCUT2D eigenvalue weighted by molar-refractivity contribution is -0.140. The van der Waals surface area contributed by atoms with Crippen LogP contribution in [0.5, 0.6) is 5.75 Å². The highest BCUT2D eigenvalue weighted by Gasteiger charge is 2.27. The molecule has 0 aliphatic heterocycles. The van der Waals surface area contributed by atoms with E-state index in [9.17, 15) is 18.0 Å². The molecule has 1 N–H and O–H groups in total. The summed E-state index contributed by atoms with van der Waals surface area (Å²) in [4.78, 5) is 27.7. The normalized spacial score (nSPS) is 12.9. The Hall–Kier alpha value is -2.78. The molecule has 2 atom stereocenters. The molecule has 0 fully saturated rings. The zero-order chi connectivity index (χ0) is 26.9. The van der Waals surface area contributed by atoms with Crippen LogP contribution in [-0.2, 0) is 26.2 Å². The summed E-state index contributed by atoms with van der Waals surface area (Å²) in [6.07, 6.45) is 2.27. The Morgan fingerprint density at radius 2 is 1.67 bits per heavy atom. The van der Waals surface area contributed by atoms with Gasteiger partial charge in [0.15, 0.2) is 0 Å². The number of carbonyl (C=O) groups excluding carboxylic acids is 2. The maximum absolute atomic E-state index is 13.3. The summed E-state index contributed by atoms with van der Waals surface area (Å²) in [6.45, 7) is 5.95. The lowest BCUT2D eigenvalue weighted by Crippen LogP contribution is -2.49. The van der Waals surface area contributed by atoms with Gasteiger partial charge in [-0.25, -0.2) is 8.42 Å². The number of hydrogen-bond acceptors (Lipinski definition) is 5. The van der Waals surface area contributed by atoms with E-state index in [2.05, 4.69) is 5.32 Å². The van der Waals surface area contributed by atoms with Gasteiger partial charge in [0.2, 0.25) is 21.8 Å². The third kappa shape index (κ3) is 8.71. The zero-order valence-electron chi connectivity index (χ0n) is 21.5. The zero-order valence-corrected chi connectivity index (χ0v) is 23.1. The number of anilines is 1. The Bertz CT molecular complexity index is 1110. The number of nitrogens with one attached hydrogen (secondary N) is 1. The maximum Gasteiger partial charge on any atom is 0.242 e. The molecule has 0 aromatic heterocycles. The molecule has 0 heterocycles. The maximum atomic E-state index is 13.3. The number of nitrogens with zero attached hydrogens (tertiary/aromatic N) is 2. The summed E-state index contributed by atoms with van der Waals surface area (Å²) in [6, 6.07) is 13.1. The summed E-state index contributed by atoms with van der Waals surface area (Å²) in [5.41, 5.74) is 1.33. The molecule has 10 heteroatoms. The van der Waals surface area contributed by atoms with Gasteiger partial charge in [0.25, 0.3) is 0 Å². The van der Waals surface area contributed by atoms with Crippen molar-refractivity contribution >= 4 is 39.1 Å². The molecule has 198 valence electrons. The van der Waals surface area contributed by atoms with Crippen molar-refractivity contribution in [3.63, 3.8) is 0 Å². The number of hydrogen-bond donors (Lipinski definition) is 1. The van der Waals surface area contributed by atoms with Crippen LogP contribution in [0.1, 0.15) is 45.6 Å². The molecule has 0 spiro atoms. The molecular formula is C26H36ClN3O5S. The van der Waals surface area contributed by atoms with E-state index >= 15 is 0 Å². The van der Waals surface area contributed by atoms with E-state index in [1.54, 1.807) is 43.3 Å². The first-order chi connectivity index (χ1) is 17.0. The second kappa shape index (κ2) is 13.5. The third-order valence-corrected chi connectivity index (χ3v) is 7.39. The van der Waals surface area contributed by atoms with E-state index in [0.717, 1.165) is 18.2 Å². The minimum atomic E-state index is -3.56. The van der Waals surface area contributed by atoms with Crippen LogP contribution in [0.2, 0.25) is 5.02 Å². The number of carbonyl (C=O) groups is 2. The molecule has 36 heavy (non-hydrogen) atoms. The summed E-state index contributed by atoms with van der Waals surface area (Å²) in [5.74, 6) is 0.146. The van der Waals surface area contributed by atoms with Crippen LogP contribution in [0.25, 0.3) is 0 Å². The summed E-state index contributed by atoms with van der Waals surface area (Å²) < 4.78 is 31.3. The lowest BCUT2D eigenvalue weighted by atomic mass is 10.1. The summed E-state index contributed by atoms with van der Waals surface area (Å²) >= 11 is 5.99. The van der Waals surface area contributed by atoms with Crippen molar-refractivity contribution in [3.8, 4) is 5.75 Å². The number of ether oxygens (including phenoxy) is 1. The van der Waals surface area contributed by atoms with Crippen LogP contribution < -0.4 is 14.4 Å². The average Bonchev–Trinajstić information content (AvgIpc) is 2.85. The van der Waals surface area contributed by atoms with Crippen molar-refractivity contribution in [1.29, 1.82) is 0 Å². The lowest BCUT2D eigenvalue weighted by Gasteiger charge is -2.30. The van der Waals surface area contributed by atoms with E-state index in [0.29, 0.717) is 16.5 Å². The molecular weight excluding hydrogens is 502 g/mol. The molecule has 0 aliphatic carbocycles. The Labute approximate surface area is 219 Å². The fourth-order valence-electron chi connectivity index (χ4n) is 3.59. The molecule has 2 aromatic carbocycles. The molecule has 2 aromatic rings. The molecule has 2 amide bonds. The minimum Gasteiger partial charge on any atom is -0.497 e. The Kier molecular flexibility index (Phi) is 11.0. The Morgan fingerprint density at radius 1 is 1.06 bits per heavy atom. The minimum absolute atomic E-state index is 0.0137. The molecule has 0 unspecified atom stereocenters. The van der Waals surface area contributed by atoms with Gasteiger partial charge in [0.05, 0.1) is 19.1 Å². The SMILES string of the molecule is CC[C@@H](C)NC(=O)[C@@H](C)N(Cc1ccc(Cl)cc1)C(=O)CCCN(c1ccc(OC)cc1)S(C)(=O)=O. The second-order valence-electron chi connectivity index (χ2n) is 8.78. The highest BCUT2D eigenvalue weighted by Crippen LogP contribution is 2.22. The van der Waals surface area contributed by atoms with Crippen molar-refractivity contribution in [2.75, 3.05) is 24.2 Å². The Balaban J connectivity index is 2.16. The first kappa shape index (κ1) is 29.5. The quantitative estimate of drug-likeness (QED) is 0.412. The van der Waals surface area contributed by atoms with Gasteiger partial charge >= 0.3 is 0 Å². The summed E-state index contributed by atoms with van der Waals surface area (Å²) in [7, 11) is -2.03. The number of sulfonamides is 1. The van der Waals surface area contributed by atoms with Gasteiger partial charge in [-0.05, 0) is 68.7 Å². The monoisotopic (exact) mass is 537 g/mol. The fourth-order valence-corrected chi connectivity index (χ4v) is 4.68. The standard InChI is InChI=1S/C26H36ClN3O5S/c1-6-19(2)28-26(32)20(3)29(18-21-9-11-22(27)12-10-21)25(31)8-7-17-30(36(5,33)34)23-13-15-24(35-4)16-14-23/h9-16,19-20H,6-8,17-18H2,1-5H3,(H,28,32)/t19-,20-/m1/s1. The van der Waals surface area contributed by atoms with Crippen molar-refractivity contribution in [3.05, 3.63) is 59.1 Å². The fraction of sp³-hybridized carbons (Fsp3) is 0.462. The second-order valence-corrected chi connectivity index (χ2v) is 11.1. The molecule has 0 aliphatic rings. The first-order valence-electron chi connectivity index (χ1n) is 11.9. The van der Waals surface area contributed by atoms with E-state index in [1.807, 2.05) is 26.0 Å². The molecule has 0 bridgehead atoms. The third-order valence-electron chi connectivity index (χ3n) is 5.95. The van der Waals surface area contributed by atoms with Gasteiger partial charge in [0.1, 0.15) is 11.8 Å².